The number of hydrogen-bond acceptors (Lipinski definition) is 7. The molecule has 1 aromatic carbocycles. The molecule has 34 heavy (non-hydrogen) atoms. The number of piperidine rings is 1. The number of thiophene rings is 1. The molecule has 4 rings (SSSR count). The number of aromatic nitrogens is 1. The molecule has 1 unspecified atom stereocenters. The number of sulfonamides is 1. The average molecular weight is 541 g/mol. The third-order valence-corrected chi connectivity index (χ3v) is 10.9. The zero-order valence-electron chi connectivity index (χ0n) is 19.7. The number of carbonyl (C=O) groups is 1. The Labute approximate surface area is 214 Å². The molecule has 1 aliphatic heterocycles. The summed E-state index contributed by atoms with van der Waals surface area (Å²) in [5, 5.41) is 0.671. The van der Waals surface area contributed by atoms with E-state index in [9.17, 15) is 13.2 Å². The van der Waals surface area contributed by atoms with Crippen LogP contribution in [0.25, 0.3) is 10.2 Å². The van der Waals surface area contributed by atoms with Crippen LogP contribution < -0.4 is 4.90 Å². The van der Waals surface area contributed by atoms with Crippen LogP contribution in [0.3, 0.4) is 0 Å². The van der Waals surface area contributed by atoms with Crippen molar-refractivity contribution in [3.63, 3.8) is 0 Å². The smallest absolute Gasteiger partial charge is 0.252 e. The molecule has 11 heteroatoms. The Bertz CT molecular complexity index is 1260. The molecule has 3 heterocycles. The van der Waals surface area contributed by atoms with Crippen molar-refractivity contribution in [1.82, 2.24) is 14.2 Å². The second-order valence-corrected chi connectivity index (χ2v) is 13.8. The normalized spacial score (nSPS) is 17.5. The van der Waals surface area contributed by atoms with Gasteiger partial charge in [0.15, 0.2) is 5.13 Å². The van der Waals surface area contributed by atoms with E-state index in [0.29, 0.717) is 41.9 Å². The van der Waals surface area contributed by atoms with E-state index in [1.807, 2.05) is 32.0 Å². The first-order chi connectivity index (χ1) is 16.1. The number of nitrogens with zero attached hydrogens (tertiary/aromatic N) is 4. The Balaban J connectivity index is 1.63. The molecule has 0 aliphatic carbocycles. The topological polar surface area (TPSA) is 73.8 Å². The predicted molar refractivity (Wildman–Crippen MR) is 141 cm³/mol. The summed E-state index contributed by atoms with van der Waals surface area (Å²) in [5.41, 5.74) is 3.13. The van der Waals surface area contributed by atoms with Crippen LogP contribution in [0.5, 0.6) is 0 Å². The Hall–Kier alpha value is -1.56. The van der Waals surface area contributed by atoms with Crippen LogP contribution in [-0.4, -0.2) is 68.8 Å². The van der Waals surface area contributed by atoms with Gasteiger partial charge in [-0.15, -0.1) is 11.3 Å². The SMILES string of the molecule is Cc1ccc(C)c2sc(N(CCN(C)C)C(=O)C3CCCN(S(=O)(=O)c4ccc(Cl)s4)C3)nc12. The van der Waals surface area contributed by atoms with Crippen molar-refractivity contribution < 1.29 is 13.2 Å². The molecule has 0 radical (unpaired) electrons. The molecule has 1 amide bonds. The minimum atomic E-state index is -3.68. The number of anilines is 1. The highest BCUT2D eigenvalue weighted by Crippen LogP contribution is 2.35. The first-order valence-electron chi connectivity index (χ1n) is 11.2. The highest BCUT2D eigenvalue weighted by molar-refractivity contribution is 7.91. The summed E-state index contributed by atoms with van der Waals surface area (Å²) in [5.74, 6) is -0.490. The molecule has 0 saturated carbocycles. The van der Waals surface area contributed by atoms with Crippen molar-refractivity contribution in [1.29, 1.82) is 0 Å². The van der Waals surface area contributed by atoms with Gasteiger partial charge in [-0.2, -0.15) is 4.31 Å². The van der Waals surface area contributed by atoms with Crippen LogP contribution >= 0.6 is 34.3 Å². The number of benzene rings is 1. The highest BCUT2D eigenvalue weighted by Gasteiger charge is 2.36. The van der Waals surface area contributed by atoms with E-state index in [1.54, 1.807) is 11.0 Å². The number of hydrogen-bond donors (Lipinski definition) is 0. The number of likely N-dealkylation sites (N-methyl/N-ethyl adjacent to an activating group) is 1. The number of rotatable bonds is 7. The molecule has 1 saturated heterocycles. The first kappa shape index (κ1) is 25.5. The summed E-state index contributed by atoms with van der Waals surface area (Å²) in [6.07, 6.45) is 1.28. The van der Waals surface area contributed by atoms with Gasteiger partial charge in [0.25, 0.3) is 10.0 Å². The lowest BCUT2D eigenvalue weighted by Gasteiger charge is -2.33. The number of aryl methyl sites for hydroxylation is 2. The van der Waals surface area contributed by atoms with Gasteiger partial charge in [0.2, 0.25) is 5.91 Å². The zero-order chi connectivity index (χ0) is 24.6. The van der Waals surface area contributed by atoms with Crippen LogP contribution in [0, 0.1) is 19.8 Å². The predicted octanol–water partition coefficient (Wildman–Crippen LogP) is 4.62. The number of carbonyl (C=O) groups excluding carboxylic acids is 1. The van der Waals surface area contributed by atoms with Crippen molar-refractivity contribution in [2.75, 3.05) is 45.2 Å². The fraction of sp³-hybridized carbons (Fsp3) is 0.478. The third-order valence-electron chi connectivity index (χ3n) is 6.07. The van der Waals surface area contributed by atoms with Crippen LogP contribution in [0.2, 0.25) is 4.34 Å². The molecule has 0 spiro atoms. The molecule has 0 N–H and O–H groups in total. The Morgan fingerprint density at radius 3 is 2.53 bits per heavy atom. The lowest BCUT2D eigenvalue weighted by atomic mass is 9.98. The second kappa shape index (κ2) is 10.2. The van der Waals surface area contributed by atoms with Gasteiger partial charge >= 0.3 is 0 Å². The molecule has 1 atom stereocenters. The molecule has 2 aromatic heterocycles. The summed E-state index contributed by atoms with van der Waals surface area (Å²) in [6.45, 7) is 5.82. The van der Waals surface area contributed by atoms with E-state index in [1.165, 1.54) is 21.7 Å². The second-order valence-electron chi connectivity index (χ2n) is 8.93. The monoisotopic (exact) mass is 540 g/mol. The number of amides is 1. The quantitative estimate of drug-likeness (QED) is 0.437. The minimum Gasteiger partial charge on any atom is -0.308 e. The van der Waals surface area contributed by atoms with Crippen molar-refractivity contribution in [2.24, 2.45) is 5.92 Å². The molecule has 0 bridgehead atoms. The molecule has 1 fully saturated rings. The molecule has 3 aromatic rings. The Kier molecular flexibility index (Phi) is 7.66. The van der Waals surface area contributed by atoms with Crippen LogP contribution in [0.4, 0.5) is 5.13 Å². The lowest BCUT2D eigenvalue weighted by molar-refractivity contribution is -0.123. The molecule has 1 aliphatic rings. The van der Waals surface area contributed by atoms with Crippen molar-refractivity contribution in [2.45, 2.75) is 30.9 Å². The zero-order valence-corrected chi connectivity index (χ0v) is 23.0. The largest absolute Gasteiger partial charge is 0.308 e. The average Bonchev–Trinajstić information content (AvgIpc) is 3.44. The van der Waals surface area contributed by atoms with E-state index in [0.717, 1.165) is 32.7 Å². The number of thiazole rings is 1. The number of fused-ring (bicyclic) bond motifs is 1. The molecule has 184 valence electrons. The van der Waals surface area contributed by atoms with E-state index in [2.05, 4.69) is 13.0 Å². The maximum Gasteiger partial charge on any atom is 0.252 e. The van der Waals surface area contributed by atoms with Gasteiger partial charge in [0.05, 0.1) is 20.5 Å². The van der Waals surface area contributed by atoms with Gasteiger partial charge in [-0.05, 0) is 64.0 Å². The fourth-order valence-electron chi connectivity index (χ4n) is 4.11. The summed E-state index contributed by atoms with van der Waals surface area (Å²) < 4.78 is 29.5. The van der Waals surface area contributed by atoms with Gasteiger partial charge in [0, 0.05) is 26.2 Å². The van der Waals surface area contributed by atoms with Crippen LogP contribution in [0.15, 0.2) is 28.5 Å². The van der Waals surface area contributed by atoms with Crippen molar-refractivity contribution >= 4 is 65.6 Å². The van der Waals surface area contributed by atoms with Crippen molar-refractivity contribution in [3.8, 4) is 0 Å². The fourth-order valence-corrected chi connectivity index (χ4v) is 8.41. The number of halogens is 1. The van der Waals surface area contributed by atoms with Crippen LogP contribution in [0.1, 0.15) is 24.0 Å². The van der Waals surface area contributed by atoms with Gasteiger partial charge < -0.3 is 4.90 Å². The lowest BCUT2D eigenvalue weighted by Crippen LogP contribution is -2.48. The van der Waals surface area contributed by atoms with E-state index < -0.39 is 15.9 Å². The standard InChI is InChI=1S/C23H29ClN4O3S3/c1-15-7-8-16(2)21-20(15)25-23(33-21)28(13-12-26(3)4)22(29)17-6-5-11-27(14-17)34(30,31)19-10-9-18(24)32-19/h7-10,17H,5-6,11-14H2,1-4H3. The molecular weight excluding hydrogens is 512 g/mol. The molecular formula is C23H29ClN4O3S3. The highest BCUT2D eigenvalue weighted by atomic mass is 35.5. The van der Waals surface area contributed by atoms with E-state index in [4.69, 9.17) is 16.6 Å². The maximum atomic E-state index is 13.8. The molecule has 7 nitrogen and oxygen atoms in total. The van der Waals surface area contributed by atoms with E-state index in [-0.39, 0.29) is 16.7 Å². The Morgan fingerprint density at radius 1 is 1.15 bits per heavy atom. The Morgan fingerprint density at radius 2 is 1.88 bits per heavy atom. The van der Waals surface area contributed by atoms with Crippen molar-refractivity contribution in [3.05, 3.63) is 39.7 Å². The van der Waals surface area contributed by atoms with Gasteiger partial charge in [-0.1, -0.05) is 35.1 Å². The van der Waals surface area contributed by atoms with Gasteiger partial charge in [0.1, 0.15) is 4.21 Å². The summed E-state index contributed by atoms with van der Waals surface area (Å²) >= 11 is 8.55. The summed E-state index contributed by atoms with van der Waals surface area (Å²) in [6, 6.07) is 7.24. The van der Waals surface area contributed by atoms with Crippen LogP contribution in [-0.2, 0) is 14.8 Å². The third kappa shape index (κ3) is 5.17. The minimum absolute atomic E-state index is 0.0691. The first-order valence-corrected chi connectivity index (χ1v) is 14.6. The van der Waals surface area contributed by atoms with Gasteiger partial charge in [-0.25, -0.2) is 13.4 Å². The summed E-state index contributed by atoms with van der Waals surface area (Å²) in [4.78, 5) is 22.4. The van der Waals surface area contributed by atoms with E-state index >= 15 is 0 Å². The summed E-state index contributed by atoms with van der Waals surface area (Å²) in [7, 11) is 0.257. The van der Waals surface area contributed by atoms with Gasteiger partial charge in [-0.3, -0.25) is 9.69 Å². The maximum absolute atomic E-state index is 13.8.